The van der Waals surface area contributed by atoms with Gasteiger partial charge in [0.2, 0.25) is 0 Å². The van der Waals surface area contributed by atoms with Crippen molar-refractivity contribution in [2.75, 3.05) is 112 Å². The van der Waals surface area contributed by atoms with E-state index >= 15 is 0 Å². The summed E-state index contributed by atoms with van der Waals surface area (Å²) in [6.45, 7) is 13.4. The fourth-order valence-corrected chi connectivity index (χ4v) is 3.96. The summed E-state index contributed by atoms with van der Waals surface area (Å²) in [6, 6.07) is 0. The van der Waals surface area contributed by atoms with E-state index < -0.39 is 0 Å². The molecule has 43 heavy (non-hydrogen) atoms. The van der Waals surface area contributed by atoms with Crippen LogP contribution in [0.5, 0.6) is 0 Å². The fraction of sp³-hybridized carbons (Fsp3) is 0.970. The van der Waals surface area contributed by atoms with Crippen molar-refractivity contribution in [1.29, 1.82) is 0 Å². The first-order valence-corrected chi connectivity index (χ1v) is 17.1. The molecule has 0 fully saturated rings. The molecule has 258 valence electrons. The molecule has 0 atom stereocenters. The molecule has 0 aromatic carbocycles. The smallest absolute Gasteiger partial charge is 0.305 e. The molecule has 0 N–H and O–H groups in total. The molecule has 0 aliphatic rings. The van der Waals surface area contributed by atoms with Crippen LogP contribution in [0.3, 0.4) is 0 Å². The van der Waals surface area contributed by atoms with Gasteiger partial charge in [-0.1, -0.05) is 78.1 Å². The maximum Gasteiger partial charge on any atom is 0.305 e. The van der Waals surface area contributed by atoms with Crippen molar-refractivity contribution in [2.24, 2.45) is 0 Å². The zero-order chi connectivity index (χ0) is 31.2. The van der Waals surface area contributed by atoms with Crippen LogP contribution in [0.25, 0.3) is 0 Å². The average molecular weight is 623 g/mol. The van der Waals surface area contributed by atoms with Crippen LogP contribution in [0.1, 0.15) is 97.3 Å². The predicted octanol–water partition coefficient (Wildman–Crippen LogP) is 5.77. The number of hydrogen-bond donors (Lipinski definition) is 0. The molecule has 0 spiro atoms. The second-order valence-corrected chi connectivity index (χ2v) is 10.4. The Hall–Kier alpha value is -0.850. The first kappa shape index (κ1) is 42.1. The van der Waals surface area contributed by atoms with E-state index in [0.717, 1.165) is 25.9 Å². The van der Waals surface area contributed by atoms with Crippen LogP contribution in [-0.2, 0) is 47.4 Å². The average Bonchev–Trinajstić information content (AvgIpc) is 3.01. The number of carbonyl (C=O) groups is 1. The number of unbranched alkanes of at least 4 members (excludes halogenated alkanes) is 10. The third-order valence-electron chi connectivity index (χ3n) is 6.47. The van der Waals surface area contributed by atoms with Crippen LogP contribution >= 0.6 is 0 Å². The lowest BCUT2D eigenvalue weighted by molar-refractivity contribution is -0.145. The first-order chi connectivity index (χ1) is 21.3. The Kier molecular flexibility index (Phi) is 38.4. The topological polar surface area (TPSA) is 100 Å². The zero-order valence-corrected chi connectivity index (χ0v) is 27.8. The van der Waals surface area contributed by atoms with E-state index in [1.807, 2.05) is 0 Å². The van der Waals surface area contributed by atoms with E-state index in [1.165, 1.54) is 57.8 Å². The quantitative estimate of drug-likeness (QED) is 0.0623. The Morgan fingerprint density at radius 2 is 0.605 bits per heavy atom. The fourth-order valence-electron chi connectivity index (χ4n) is 3.96. The van der Waals surface area contributed by atoms with Gasteiger partial charge in [-0.25, -0.2) is 0 Å². The lowest BCUT2D eigenvalue weighted by Gasteiger charge is -2.09. The van der Waals surface area contributed by atoms with Gasteiger partial charge in [-0.3, -0.25) is 4.79 Å². The van der Waals surface area contributed by atoms with E-state index in [-0.39, 0.29) is 5.97 Å². The molecular weight excluding hydrogens is 556 g/mol. The maximum atomic E-state index is 11.8. The summed E-state index contributed by atoms with van der Waals surface area (Å²) in [5, 5.41) is 0. The molecule has 10 nitrogen and oxygen atoms in total. The van der Waals surface area contributed by atoms with Crippen LogP contribution in [0.2, 0.25) is 0 Å². The SMILES string of the molecule is CCCCCCCCCCCC(=O)OCCOCCOCCOCCOCCOCCOCCOCCOCCCCC. The normalized spacial score (nSPS) is 11.4. The summed E-state index contributed by atoms with van der Waals surface area (Å²) < 4.78 is 49.0. The molecule has 0 rings (SSSR count). The van der Waals surface area contributed by atoms with Crippen LogP contribution in [-0.4, -0.2) is 118 Å². The summed E-state index contributed by atoms with van der Waals surface area (Å²) in [5.74, 6) is -0.131. The summed E-state index contributed by atoms with van der Waals surface area (Å²) in [5.41, 5.74) is 0. The van der Waals surface area contributed by atoms with E-state index in [2.05, 4.69) is 13.8 Å². The highest BCUT2D eigenvalue weighted by Crippen LogP contribution is 2.10. The summed E-state index contributed by atoms with van der Waals surface area (Å²) in [4.78, 5) is 11.8. The van der Waals surface area contributed by atoms with Gasteiger partial charge < -0.3 is 42.6 Å². The third-order valence-corrected chi connectivity index (χ3v) is 6.47. The van der Waals surface area contributed by atoms with Crippen molar-refractivity contribution in [3.63, 3.8) is 0 Å². The maximum absolute atomic E-state index is 11.8. The van der Waals surface area contributed by atoms with Crippen LogP contribution in [0, 0.1) is 0 Å². The van der Waals surface area contributed by atoms with Gasteiger partial charge in [0.05, 0.1) is 99.1 Å². The zero-order valence-electron chi connectivity index (χ0n) is 27.8. The number of carbonyl (C=O) groups excluding carboxylic acids is 1. The Labute approximate surface area is 263 Å². The van der Waals surface area contributed by atoms with E-state index in [0.29, 0.717) is 112 Å². The number of esters is 1. The monoisotopic (exact) mass is 622 g/mol. The molecule has 0 heterocycles. The third kappa shape index (κ3) is 39.1. The molecule has 0 aromatic rings. The molecule has 0 amide bonds. The Morgan fingerprint density at radius 1 is 0.326 bits per heavy atom. The molecule has 0 radical (unpaired) electrons. The van der Waals surface area contributed by atoms with Gasteiger partial charge in [0.15, 0.2) is 0 Å². The Morgan fingerprint density at radius 3 is 0.977 bits per heavy atom. The van der Waals surface area contributed by atoms with Crippen molar-refractivity contribution >= 4 is 5.97 Å². The lowest BCUT2D eigenvalue weighted by atomic mass is 10.1. The summed E-state index contributed by atoms with van der Waals surface area (Å²) in [7, 11) is 0. The van der Waals surface area contributed by atoms with Crippen LogP contribution in [0.4, 0.5) is 0 Å². The highest BCUT2D eigenvalue weighted by molar-refractivity contribution is 5.69. The molecule has 0 saturated heterocycles. The predicted molar refractivity (Wildman–Crippen MR) is 169 cm³/mol. The minimum absolute atomic E-state index is 0.131. The van der Waals surface area contributed by atoms with Crippen molar-refractivity contribution in [3.05, 3.63) is 0 Å². The van der Waals surface area contributed by atoms with Gasteiger partial charge in [0.25, 0.3) is 0 Å². The van der Waals surface area contributed by atoms with Crippen molar-refractivity contribution < 1.29 is 47.4 Å². The number of rotatable bonds is 38. The first-order valence-electron chi connectivity index (χ1n) is 17.1. The molecule has 0 aliphatic carbocycles. The summed E-state index contributed by atoms with van der Waals surface area (Å²) >= 11 is 0. The van der Waals surface area contributed by atoms with E-state index in [9.17, 15) is 4.79 Å². The molecule has 0 unspecified atom stereocenters. The Balaban J connectivity index is 3.11. The van der Waals surface area contributed by atoms with Crippen LogP contribution in [0.15, 0.2) is 0 Å². The van der Waals surface area contributed by atoms with Gasteiger partial charge >= 0.3 is 5.97 Å². The molecule has 0 aliphatic heterocycles. The largest absolute Gasteiger partial charge is 0.463 e. The molecule has 0 aromatic heterocycles. The van der Waals surface area contributed by atoms with Gasteiger partial charge in [0.1, 0.15) is 6.61 Å². The van der Waals surface area contributed by atoms with Crippen molar-refractivity contribution in [1.82, 2.24) is 0 Å². The molecule has 10 heteroatoms. The molecule has 0 saturated carbocycles. The second-order valence-electron chi connectivity index (χ2n) is 10.4. The van der Waals surface area contributed by atoms with Crippen LogP contribution < -0.4 is 0 Å². The lowest BCUT2D eigenvalue weighted by Crippen LogP contribution is -2.15. The second kappa shape index (κ2) is 39.2. The standard InChI is InChI=1S/C33H66O10/c1-3-5-7-8-9-10-11-12-13-15-33(34)43-32-31-42-30-29-41-28-27-40-26-25-39-24-23-38-22-21-37-20-19-36-18-17-35-16-14-6-4-2/h3-32H2,1-2H3. The minimum Gasteiger partial charge on any atom is -0.463 e. The Bertz CT molecular complexity index is 524. The van der Waals surface area contributed by atoms with Crippen molar-refractivity contribution in [2.45, 2.75) is 97.3 Å². The van der Waals surface area contributed by atoms with Crippen molar-refractivity contribution in [3.8, 4) is 0 Å². The van der Waals surface area contributed by atoms with E-state index in [4.69, 9.17) is 42.6 Å². The number of hydrogen-bond acceptors (Lipinski definition) is 10. The van der Waals surface area contributed by atoms with E-state index in [1.54, 1.807) is 0 Å². The molecule has 0 bridgehead atoms. The molecular formula is C33H66O10. The van der Waals surface area contributed by atoms with Gasteiger partial charge in [-0.2, -0.15) is 0 Å². The van der Waals surface area contributed by atoms with Gasteiger partial charge in [-0.15, -0.1) is 0 Å². The number of ether oxygens (including phenoxy) is 9. The highest BCUT2D eigenvalue weighted by Gasteiger charge is 2.03. The van der Waals surface area contributed by atoms with Gasteiger partial charge in [-0.05, 0) is 12.8 Å². The van der Waals surface area contributed by atoms with Gasteiger partial charge in [0, 0.05) is 13.0 Å². The highest BCUT2D eigenvalue weighted by atomic mass is 16.6. The summed E-state index contributed by atoms with van der Waals surface area (Å²) in [6.07, 6.45) is 15.2. The minimum atomic E-state index is -0.131.